The highest BCUT2D eigenvalue weighted by Gasteiger charge is 2.31. The van der Waals surface area contributed by atoms with Crippen LogP contribution in [0.15, 0.2) is 18.2 Å². The molecule has 1 aliphatic rings. The summed E-state index contributed by atoms with van der Waals surface area (Å²) in [5, 5.41) is 12.2. The van der Waals surface area contributed by atoms with Gasteiger partial charge in [0.05, 0.1) is 0 Å². The van der Waals surface area contributed by atoms with Crippen LogP contribution >= 0.6 is 0 Å². The molecular weight excluding hydrogens is 332 g/mol. The zero-order valence-electron chi connectivity index (χ0n) is 15.9. The molecule has 6 nitrogen and oxygen atoms in total. The number of hydrogen-bond acceptors (Lipinski definition) is 3. The first-order valence-electron chi connectivity index (χ1n) is 9.09. The first-order valence-corrected chi connectivity index (χ1v) is 9.09. The second kappa shape index (κ2) is 8.34. The molecule has 1 aromatic rings. The lowest BCUT2D eigenvalue weighted by Gasteiger charge is -2.33. The summed E-state index contributed by atoms with van der Waals surface area (Å²) in [6.07, 6.45) is 1.12. The van der Waals surface area contributed by atoms with E-state index in [-0.39, 0.29) is 23.7 Å². The SMILES string of the molecule is Cc1ccc(C(NC(=O)C2CCN(C(=O)C(C)C)CC2)C(=O)O)cc1C. The Morgan fingerprint density at radius 2 is 1.73 bits per heavy atom. The maximum absolute atomic E-state index is 12.6. The van der Waals surface area contributed by atoms with Crippen LogP contribution in [0.4, 0.5) is 0 Å². The first-order chi connectivity index (χ1) is 12.2. The summed E-state index contributed by atoms with van der Waals surface area (Å²) in [4.78, 5) is 38.1. The Bertz CT molecular complexity index is 691. The van der Waals surface area contributed by atoms with Crippen molar-refractivity contribution in [3.8, 4) is 0 Å². The molecule has 0 aromatic heterocycles. The van der Waals surface area contributed by atoms with Gasteiger partial charge in [-0.1, -0.05) is 32.0 Å². The van der Waals surface area contributed by atoms with Crippen molar-refractivity contribution in [2.24, 2.45) is 11.8 Å². The Hall–Kier alpha value is -2.37. The Balaban J connectivity index is 2.01. The van der Waals surface area contributed by atoms with E-state index in [1.807, 2.05) is 33.8 Å². The van der Waals surface area contributed by atoms with Gasteiger partial charge in [-0.2, -0.15) is 0 Å². The smallest absolute Gasteiger partial charge is 0.330 e. The van der Waals surface area contributed by atoms with Crippen LogP contribution in [0.25, 0.3) is 0 Å². The summed E-state index contributed by atoms with van der Waals surface area (Å²) in [6.45, 7) is 8.68. The fourth-order valence-electron chi connectivity index (χ4n) is 3.22. The molecule has 26 heavy (non-hydrogen) atoms. The molecule has 1 saturated heterocycles. The largest absolute Gasteiger partial charge is 0.479 e. The van der Waals surface area contributed by atoms with E-state index in [1.165, 1.54) is 0 Å². The van der Waals surface area contributed by atoms with E-state index >= 15 is 0 Å². The van der Waals surface area contributed by atoms with Gasteiger partial charge >= 0.3 is 5.97 Å². The molecule has 0 spiro atoms. The van der Waals surface area contributed by atoms with Crippen molar-refractivity contribution in [3.05, 3.63) is 34.9 Å². The van der Waals surface area contributed by atoms with Gasteiger partial charge in [0.15, 0.2) is 6.04 Å². The van der Waals surface area contributed by atoms with Crippen LogP contribution in [0.1, 0.15) is 49.4 Å². The molecule has 6 heteroatoms. The molecule has 1 atom stereocenters. The Labute approximate surface area is 154 Å². The van der Waals surface area contributed by atoms with Crippen LogP contribution in [-0.2, 0) is 14.4 Å². The van der Waals surface area contributed by atoms with Gasteiger partial charge in [0.2, 0.25) is 11.8 Å². The minimum Gasteiger partial charge on any atom is -0.479 e. The van der Waals surface area contributed by atoms with E-state index in [4.69, 9.17) is 0 Å². The third kappa shape index (κ3) is 4.62. The van der Waals surface area contributed by atoms with Crippen molar-refractivity contribution in [2.75, 3.05) is 13.1 Å². The molecule has 0 aliphatic carbocycles. The van der Waals surface area contributed by atoms with E-state index in [0.717, 1.165) is 11.1 Å². The van der Waals surface area contributed by atoms with Crippen molar-refractivity contribution in [1.29, 1.82) is 0 Å². The van der Waals surface area contributed by atoms with E-state index in [2.05, 4.69) is 5.32 Å². The summed E-state index contributed by atoms with van der Waals surface area (Å²) in [5.74, 6) is -1.55. The number of nitrogens with zero attached hydrogens (tertiary/aromatic N) is 1. The van der Waals surface area contributed by atoms with Crippen molar-refractivity contribution in [3.63, 3.8) is 0 Å². The number of likely N-dealkylation sites (tertiary alicyclic amines) is 1. The number of carboxylic acids is 1. The van der Waals surface area contributed by atoms with Gasteiger partial charge < -0.3 is 15.3 Å². The minimum absolute atomic E-state index is 0.0541. The molecule has 1 unspecified atom stereocenters. The fourth-order valence-corrected chi connectivity index (χ4v) is 3.22. The summed E-state index contributed by atoms with van der Waals surface area (Å²) in [5.41, 5.74) is 2.64. The van der Waals surface area contributed by atoms with Gasteiger partial charge in [0.25, 0.3) is 0 Å². The standard InChI is InChI=1S/C20H28N2O4/c1-12(2)19(24)22-9-7-15(8-10-22)18(23)21-17(20(25)26)16-6-5-13(3)14(4)11-16/h5-6,11-12,15,17H,7-10H2,1-4H3,(H,21,23)(H,25,26). The van der Waals surface area contributed by atoms with Crippen LogP contribution in [0.2, 0.25) is 0 Å². The predicted octanol–water partition coefficient (Wildman–Crippen LogP) is 2.44. The lowest BCUT2D eigenvalue weighted by atomic mass is 9.94. The number of hydrogen-bond donors (Lipinski definition) is 2. The molecule has 1 heterocycles. The van der Waals surface area contributed by atoms with E-state index in [0.29, 0.717) is 31.5 Å². The molecule has 0 saturated carbocycles. The van der Waals surface area contributed by atoms with Gasteiger partial charge in [-0.3, -0.25) is 9.59 Å². The van der Waals surface area contributed by atoms with Crippen LogP contribution in [0.3, 0.4) is 0 Å². The third-order valence-corrected chi connectivity index (χ3v) is 5.07. The monoisotopic (exact) mass is 360 g/mol. The fraction of sp³-hybridized carbons (Fsp3) is 0.550. The normalized spacial score (nSPS) is 16.4. The topological polar surface area (TPSA) is 86.7 Å². The molecule has 0 radical (unpaired) electrons. The lowest BCUT2D eigenvalue weighted by molar-refractivity contribution is -0.143. The van der Waals surface area contributed by atoms with Gasteiger partial charge in [0, 0.05) is 24.9 Å². The molecule has 2 N–H and O–H groups in total. The van der Waals surface area contributed by atoms with E-state index in [1.54, 1.807) is 17.0 Å². The lowest BCUT2D eigenvalue weighted by Crippen LogP contribution is -2.45. The quantitative estimate of drug-likeness (QED) is 0.844. The molecule has 1 aliphatic heterocycles. The third-order valence-electron chi connectivity index (χ3n) is 5.07. The molecule has 142 valence electrons. The molecular formula is C20H28N2O4. The Kier molecular flexibility index (Phi) is 6.40. The summed E-state index contributed by atoms with van der Waals surface area (Å²) < 4.78 is 0. The van der Waals surface area contributed by atoms with E-state index < -0.39 is 12.0 Å². The van der Waals surface area contributed by atoms with Crippen LogP contribution in [0.5, 0.6) is 0 Å². The minimum atomic E-state index is -1.07. The summed E-state index contributed by atoms with van der Waals surface area (Å²) in [7, 11) is 0. The molecule has 2 rings (SSSR count). The van der Waals surface area contributed by atoms with Gasteiger partial charge in [0.1, 0.15) is 0 Å². The molecule has 1 fully saturated rings. The summed E-state index contributed by atoms with van der Waals surface area (Å²) in [6, 6.07) is 4.35. The maximum atomic E-state index is 12.6. The number of carboxylic acid groups (broad SMARTS) is 1. The Morgan fingerprint density at radius 3 is 2.23 bits per heavy atom. The second-order valence-corrected chi connectivity index (χ2v) is 7.38. The van der Waals surface area contributed by atoms with Gasteiger partial charge in [-0.15, -0.1) is 0 Å². The number of aliphatic carboxylic acids is 1. The van der Waals surface area contributed by atoms with Crippen LogP contribution in [0, 0.1) is 25.7 Å². The number of carbonyl (C=O) groups excluding carboxylic acids is 2. The van der Waals surface area contributed by atoms with Crippen molar-refractivity contribution in [2.45, 2.75) is 46.6 Å². The summed E-state index contributed by atoms with van der Waals surface area (Å²) >= 11 is 0. The van der Waals surface area contributed by atoms with Gasteiger partial charge in [-0.25, -0.2) is 4.79 Å². The zero-order chi connectivity index (χ0) is 19.4. The predicted molar refractivity (Wildman–Crippen MR) is 98.6 cm³/mol. The number of amides is 2. The number of nitrogens with one attached hydrogen (secondary N) is 1. The molecule has 2 amide bonds. The average Bonchev–Trinajstić information content (AvgIpc) is 2.61. The molecule has 1 aromatic carbocycles. The first kappa shape index (κ1) is 19.9. The zero-order valence-corrected chi connectivity index (χ0v) is 15.9. The van der Waals surface area contributed by atoms with Crippen molar-refractivity contribution < 1.29 is 19.5 Å². The average molecular weight is 360 g/mol. The number of carbonyl (C=O) groups is 3. The second-order valence-electron chi connectivity index (χ2n) is 7.38. The highest BCUT2D eigenvalue weighted by atomic mass is 16.4. The van der Waals surface area contributed by atoms with E-state index in [9.17, 15) is 19.5 Å². The number of benzene rings is 1. The van der Waals surface area contributed by atoms with Crippen LogP contribution < -0.4 is 5.32 Å². The highest BCUT2D eigenvalue weighted by molar-refractivity contribution is 5.86. The van der Waals surface area contributed by atoms with Gasteiger partial charge in [-0.05, 0) is 43.4 Å². The number of aryl methyl sites for hydroxylation is 2. The highest BCUT2D eigenvalue weighted by Crippen LogP contribution is 2.22. The van der Waals surface area contributed by atoms with Crippen molar-refractivity contribution >= 4 is 17.8 Å². The van der Waals surface area contributed by atoms with Crippen LogP contribution in [-0.4, -0.2) is 40.9 Å². The van der Waals surface area contributed by atoms with Crippen molar-refractivity contribution in [1.82, 2.24) is 10.2 Å². The number of piperidine rings is 1. The maximum Gasteiger partial charge on any atom is 0.330 e. The molecule has 0 bridgehead atoms. The Morgan fingerprint density at radius 1 is 1.12 bits per heavy atom. The number of rotatable bonds is 5.